The predicted molar refractivity (Wildman–Crippen MR) is 143 cm³/mol. The van der Waals surface area contributed by atoms with Gasteiger partial charge in [0, 0.05) is 53.9 Å². The van der Waals surface area contributed by atoms with Gasteiger partial charge in [0.25, 0.3) is 0 Å². The monoisotopic (exact) mass is 546 g/mol. The second-order valence-corrected chi connectivity index (χ2v) is 11.2. The van der Waals surface area contributed by atoms with Crippen molar-refractivity contribution in [1.82, 2.24) is 29.3 Å². The number of anilines is 1. The molecule has 2 unspecified atom stereocenters. The number of pyridine rings is 2. The minimum atomic E-state index is -2.75. The van der Waals surface area contributed by atoms with Gasteiger partial charge in [0.2, 0.25) is 0 Å². The summed E-state index contributed by atoms with van der Waals surface area (Å²) in [6, 6.07) is 7.99. The number of aromatic nitrogens is 5. The van der Waals surface area contributed by atoms with Gasteiger partial charge in [-0.15, -0.1) is 0 Å². The van der Waals surface area contributed by atoms with Gasteiger partial charge in [0.15, 0.2) is 0 Å². The van der Waals surface area contributed by atoms with Gasteiger partial charge < -0.3 is 9.64 Å². The predicted octanol–water partition coefficient (Wildman–Crippen LogP) is 5.11. The van der Waals surface area contributed by atoms with E-state index in [1.807, 2.05) is 43.9 Å². The topological polar surface area (TPSA) is 105 Å². The summed E-state index contributed by atoms with van der Waals surface area (Å²) in [5.74, 6) is 0.795. The first-order chi connectivity index (χ1) is 19.1. The van der Waals surface area contributed by atoms with Crippen LogP contribution >= 0.6 is 0 Å². The molecule has 4 aromatic rings. The van der Waals surface area contributed by atoms with Gasteiger partial charge in [-0.25, -0.2) is 19.0 Å². The van der Waals surface area contributed by atoms with Crippen molar-refractivity contribution < 1.29 is 18.3 Å². The maximum atomic E-state index is 13.1. The zero-order chi connectivity index (χ0) is 28.2. The quantitative estimate of drug-likeness (QED) is 0.350. The fraction of sp³-hybridized carbons (Fsp3) is 0.393. The molecule has 2 aliphatic heterocycles. The third kappa shape index (κ3) is 4.61. The van der Waals surface area contributed by atoms with Crippen molar-refractivity contribution in [2.45, 2.75) is 57.8 Å². The van der Waals surface area contributed by atoms with Gasteiger partial charge in [-0.1, -0.05) is 0 Å². The van der Waals surface area contributed by atoms with E-state index in [1.165, 1.54) is 18.6 Å². The lowest BCUT2D eigenvalue weighted by Crippen LogP contribution is -2.57. The van der Waals surface area contributed by atoms with Crippen LogP contribution in [-0.4, -0.2) is 66.1 Å². The lowest BCUT2D eigenvalue weighted by atomic mass is 10.0. The highest BCUT2D eigenvalue weighted by Crippen LogP contribution is 2.35. The summed E-state index contributed by atoms with van der Waals surface area (Å²) in [6.45, 7) is 4.20. The van der Waals surface area contributed by atoms with E-state index < -0.39 is 12.2 Å². The molecule has 6 rings (SSSR count). The number of hydrogen-bond donors (Lipinski definition) is 0. The standard InChI is InChI=1S/C28H28F2N8O2/c1-28(2,3)40-27(39)38-21-5-6-22(38)16-35(15-21)24-7-4-17(10-32-24)23-8-18(20-12-34-37(14-20)26(29)30)13-36-25(23)19(9-31)11-33-36/h4,7-8,10-14,21-22,26H,5-6,15-16H2,1-3H3. The van der Waals surface area contributed by atoms with Crippen molar-refractivity contribution in [2.24, 2.45) is 0 Å². The molecule has 2 saturated heterocycles. The van der Waals surface area contributed by atoms with Gasteiger partial charge in [0.1, 0.15) is 17.5 Å². The van der Waals surface area contributed by atoms with Crippen molar-refractivity contribution in [3.63, 3.8) is 0 Å². The number of alkyl halides is 2. The molecule has 0 radical (unpaired) electrons. The smallest absolute Gasteiger partial charge is 0.410 e. The van der Waals surface area contributed by atoms with E-state index in [2.05, 4.69) is 21.2 Å². The van der Waals surface area contributed by atoms with Gasteiger partial charge >= 0.3 is 12.6 Å². The molecule has 0 aliphatic carbocycles. The summed E-state index contributed by atoms with van der Waals surface area (Å²) in [6.07, 6.45) is 9.14. The van der Waals surface area contributed by atoms with Gasteiger partial charge in [-0.05, 0) is 51.8 Å². The molecule has 0 spiro atoms. The second kappa shape index (κ2) is 9.59. The van der Waals surface area contributed by atoms with E-state index in [4.69, 9.17) is 9.72 Å². The Bertz CT molecular complexity index is 1600. The Morgan fingerprint density at radius 3 is 2.40 bits per heavy atom. The Labute approximate surface area is 229 Å². The average Bonchev–Trinajstić information content (AvgIpc) is 3.63. The van der Waals surface area contributed by atoms with Crippen LogP contribution in [0, 0.1) is 11.3 Å². The largest absolute Gasteiger partial charge is 0.444 e. The maximum absolute atomic E-state index is 13.1. The number of piperazine rings is 1. The van der Waals surface area contributed by atoms with Gasteiger partial charge in [-0.3, -0.25) is 4.90 Å². The SMILES string of the molecule is CC(C)(C)OC(=O)N1C2CCC1CN(c1ccc(-c3cc(-c4cnn(C(F)F)c4)cn4ncc(C#N)c34)cn1)C2. The molecule has 2 fully saturated rings. The first-order valence-corrected chi connectivity index (χ1v) is 13.1. The average molecular weight is 547 g/mol. The Morgan fingerprint density at radius 2 is 1.80 bits per heavy atom. The number of fused-ring (bicyclic) bond motifs is 3. The number of carbonyl (C=O) groups excluding carboxylic acids is 1. The van der Waals surface area contributed by atoms with Crippen LogP contribution in [0.25, 0.3) is 27.8 Å². The Kier molecular flexibility index (Phi) is 6.17. The molecule has 1 amide bonds. The Balaban J connectivity index is 1.29. The molecule has 2 aliphatic rings. The van der Waals surface area contributed by atoms with Crippen molar-refractivity contribution in [1.29, 1.82) is 5.26 Å². The van der Waals surface area contributed by atoms with Crippen LogP contribution in [0.1, 0.15) is 45.7 Å². The minimum absolute atomic E-state index is 0.0607. The van der Waals surface area contributed by atoms with Crippen molar-refractivity contribution in [2.75, 3.05) is 18.0 Å². The molecule has 2 atom stereocenters. The van der Waals surface area contributed by atoms with Crippen molar-refractivity contribution >= 4 is 17.4 Å². The first-order valence-electron chi connectivity index (χ1n) is 13.1. The zero-order valence-electron chi connectivity index (χ0n) is 22.3. The van der Waals surface area contributed by atoms with Crippen LogP contribution in [-0.2, 0) is 4.74 Å². The van der Waals surface area contributed by atoms with Gasteiger partial charge in [-0.2, -0.15) is 24.2 Å². The molecule has 40 heavy (non-hydrogen) atoms. The number of halogens is 2. The van der Waals surface area contributed by atoms with E-state index in [0.29, 0.717) is 45.5 Å². The van der Waals surface area contributed by atoms with Crippen molar-refractivity contribution in [3.05, 3.63) is 54.7 Å². The highest BCUT2D eigenvalue weighted by molar-refractivity contribution is 5.87. The summed E-state index contributed by atoms with van der Waals surface area (Å²) in [4.78, 5) is 21.6. The molecular formula is C28H28F2N8O2. The zero-order valence-corrected chi connectivity index (χ0v) is 22.3. The van der Waals surface area contributed by atoms with E-state index in [9.17, 15) is 18.8 Å². The van der Waals surface area contributed by atoms with E-state index in [0.717, 1.165) is 24.2 Å². The second-order valence-electron chi connectivity index (χ2n) is 11.2. The highest BCUT2D eigenvalue weighted by Gasteiger charge is 2.44. The molecular weight excluding hydrogens is 518 g/mol. The van der Waals surface area contributed by atoms with E-state index in [-0.39, 0.29) is 18.2 Å². The normalized spacial score (nSPS) is 18.9. The molecule has 0 N–H and O–H groups in total. The number of carbonyl (C=O) groups is 1. The number of nitrogens with zero attached hydrogens (tertiary/aromatic N) is 8. The molecule has 12 heteroatoms. The Morgan fingerprint density at radius 1 is 1.05 bits per heavy atom. The lowest BCUT2D eigenvalue weighted by Gasteiger charge is -2.41. The third-order valence-corrected chi connectivity index (χ3v) is 7.34. The summed E-state index contributed by atoms with van der Waals surface area (Å²) in [5, 5.41) is 17.7. The molecule has 0 aromatic carbocycles. The highest BCUT2D eigenvalue weighted by atomic mass is 19.3. The Hall–Kier alpha value is -4.53. The van der Waals surface area contributed by atoms with Crippen LogP contribution in [0.4, 0.5) is 19.4 Å². The van der Waals surface area contributed by atoms with Gasteiger partial charge in [0.05, 0.1) is 35.6 Å². The fourth-order valence-electron chi connectivity index (χ4n) is 5.61. The van der Waals surface area contributed by atoms with Crippen LogP contribution < -0.4 is 4.90 Å². The summed E-state index contributed by atoms with van der Waals surface area (Å²) < 4.78 is 34.1. The van der Waals surface area contributed by atoms with E-state index >= 15 is 0 Å². The third-order valence-electron chi connectivity index (χ3n) is 7.34. The molecule has 0 saturated carbocycles. The number of ether oxygens (including phenoxy) is 1. The number of nitriles is 1. The fourth-order valence-corrected chi connectivity index (χ4v) is 5.61. The lowest BCUT2D eigenvalue weighted by molar-refractivity contribution is 0.0122. The maximum Gasteiger partial charge on any atom is 0.410 e. The summed E-state index contributed by atoms with van der Waals surface area (Å²) in [7, 11) is 0. The van der Waals surface area contributed by atoms with Crippen LogP contribution in [0.3, 0.4) is 0 Å². The number of hydrogen-bond acceptors (Lipinski definition) is 7. The molecule has 6 heterocycles. The van der Waals surface area contributed by atoms with Crippen LogP contribution in [0.2, 0.25) is 0 Å². The number of rotatable bonds is 4. The summed E-state index contributed by atoms with van der Waals surface area (Å²) in [5.41, 5.74) is 3.03. The summed E-state index contributed by atoms with van der Waals surface area (Å²) >= 11 is 0. The molecule has 206 valence electrons. The molecule has 4 aromatic heterocycles. The van der Waals surface area contributed by atoms with E-state index in [1.54, 1.807) is 16.9 Å². The molecule has 10 nitrogen and oxygen atoms in total. The molecule has 2 bridgehead atoms. The van der Waals surface area contributed by atoms with Crippen molar-refractivity contribution in [3.8, 4) is 28.3 Å². The first kappa shape index (κ1) is 25.7. The van der Waals surface area contributed by atoms with Crippen LogP contribution in [0.5, 0.6) is 0 Å². The number of amides is 1. The minimum Gasteiger partial charge on any atom is -0.444 e. The van der Waals surface area contributed by atoms with Crippen LogP contribution in [0.15, 0.2) is 49.2 Å².